The summed E-state index contributed by atoms with van der Waals surface area (Å²) in [5.41, 5.74) is 0.287. The minimum absolute atomic E-state index is 0.0217. The smallest absolute Gasteiger partial charge is 0.271 e. The third-order valence-corrected chi connectivity index (χ3v) is 5.59. The lowest BCUT2D eigenvalue weighted by molar-refractivity contribution is -0.385. The average Bonchev–Trinajstić information content (AvgIpc) is 2.56. The molecule has 0 aliphatic rings. The fourth-order valence-corrected chi connectivity index (χ4v) is 3.62. The van der Waals surface area contributed by atoms with Crippen molar-refractivity contribution in [2.75, 3.05) is 14.2 Å². The van der Waals surface area contributed by atoms with Gasteiger partial charge in [-0.3, -0.25) is 10.1 Å². The predicted octanol–water partition coefficient (Wildman–Crippen LogP) is 3.08. The molecule has 0 bridgehead atoms. The van der Waals surface area contributed by atoms with Gasteiger partial charge in [0.15, 0.2) is 0 Å². The van der Waals surface area contributed by atoms with Crippen LogP contribution in [0.1, 0.15) is 5.56 Å². The number of rotatable bonds is 6. The Morgan fingerprint density at radius 3 is 2.50 bits per heavy atom. The van der Waals surface area contributed by atoms with Crippen LogP contribution in [0.4, 0.5) is 5.69 Å². The second-order valence-electron chi connectivity index (χ2n) is 4.94. The zero-order valence-electron chi connectivity index (χ0n) is 13.0. The highest BCUT2D eigenvalue weighted by Crippen LogP contribution is 2.31. The molecule has 128 valence electrons. The summed E-state index contributed by atoms with van der Waals surface area (Å²) in [6.07, 6.45) is 0. The van der Waals surface area contributed by atoms with Gasteiger partial charge >= 0.3 is 0 Å². The Morgan fingerprint density at radius 2 is 1.92 bits per heavy atom. The molecule has 0 heterocycles. The lowest BCUT2D eigenvalue weighted by Crippen LogP contribution is -2.27. The van der Waals surface area contributed by atoms with Gasteiger partial charge in [0.2, 0.25) is 10.0 Å². The molecule has 0 fully saturated rings. The maximum atomic E-state index is 12.8. The highest BCUT2D eigenvalue weighted by molar-refractivity contribution is 7.89. The van der Waals surface area contributed by atoms with Crippen LogP contribution >= 0.6 is 11.6 Å². The van der Waals surface area contributed by atoms with Crippen molar-refractivity contribution in [2.45, 2.75) is 11.4 Å². The molecular formula is C15H15ClN2O5S. The molecule has 0 aromatic heterocycles. The first-order valence-corrected chi connectivity index (χ1v) is 8.61. The topological polar surface area (TPSA) is 89.7 Å². The van der Waals surface area contributed by atoms with E-state index in [2.05, 4.69) is 0 Å². The van der Waals surface area contributed by atoms with Gasteiger partial charge in [-0.15, -0.1) is 0 Å². The quantitative estimate of drug-likeness (QED) is 0.575. The molecule has 0 aliphatic carbocycles. The highest BCUT2D eigenvalue weighted by Gasteiger charge is 2.27. The molecule has 0 saturated heterocycles. The van der Waals surface area contributed by atoms with Crippen molar-refractivity contribution < 1.29 is 18.1 Å². The maximum Gasteiger partial charge on any atom is 0.271 e. The van der Waals surface area contributed by atoms with Crippen molar-refractivity contribution in [3.63, 3.8) is 0 Å². The van der Waals surface area contributed by atoms with E-state index in [1.54, 1.807) is 24.3 Å². The van der Waals surface area contributed by atoms with Crippen LogP contribution in [0.25, 0.3) is 0 Å². The van der Waals surface area contributed by atoms with Gasteiger partial charge < -0.3 is 4.74 Å². The molecule has 7 nitrogen and oxygen atoms in total. The number of benzene rings is 2. The summed E-state index contributed by atoms with van der Waals surface area (Å²) in [5.74, 6) is 0.0339. The Labute approximate surface area is 144 Å². The number of methoxy groups -OCH3 is 1. The molecule has 0 atom stereocenters. The highest BCUT2D eigenvalue weighted by atomic mass is 35.5. The Morgan fingerprint density at radius 1 is 1.25 bits per heavy atom. The van der Waals surface area contributed by atoms with E-state index in [1.807, 2.05) is 0 Å². The number of ether oxygens (including phenoxy) is 1. The molecule has 0 aliphatic heterocycles. The van der Waals surface area contributed by atoms with Crippen molar-refractivity contribution in [1.29, 1.82) is 0 Å². The third-order valence-electron chi connectivity index (χ3n) is 3.40. The first kappa shape index (κ1) is 18.2. The summed E-state index contributed by atoms with van der Waals surface area (Å²) in [7, 11) is -1.34. The lowest BCUT2D eigenvalue weighted by atomic mass is 10.2. The third kappa shape index (κ3) is 3.66. The zero-order valence-corrected chi connectivity index (χ0v) is 14.5. The van der Waals surface area contributed by atoms with Gasteiger partial charge in [-0.2, -0.15) is 4.31 Å². The van der Waals surface area contributed by atoms with Gasteiger partial charge in [0.25, 0.3) is 5.69 Å². The number of hydrogen-bond acceptors (Lipinski definition) is 5. The maximum absolute atomic E-state index is 12.8. The largest absolute Gasteiger partial charge is 0.495 e. The Hall–Kier alpha value is -2.16. The lowest BCUT2D eigenvalue weighted by Gasteiger charge is -2.19. The molecule has 24 heavy (non-hydrogen) atoms. The molecule has 0 unspecified atom stereocenters. The van der Waals surface area contributed by atoms with E-state index in [1.165, 1.54) is 26.3 Å². The van der Waals surface area contributed by atoms with Crippen LogP contribution in [0.5, 0.6) is 5.75 Å². The average molecular weight is 371 g/mol. The number of nitrogens with zero attached hydrogens (tertiary/aromatic N) is 2. The van der Waals surface area contributed by atoms with E-state index in [9.17, 15) is 18.5 Å². The van der Waals surface area contributed by atoms with E-state index in [0.717, 1.165) is 10.4 Å². The summed E-state index contributed by atoms with van der Waals surface area (Å²) in [4.78, 5) is 9.99. The van der Waals surface area contributed by atoms with Gasteiger partial charge in [-0.1, -0.05) is 29.8 Å². The van der Waals surface area contributed by atoms with E-state index in [4.69, 9.17) is 16.3 Å². The predicted molar refractivity (Wildman–Crippen MR) is 89.8 cm³/mol. The summed E-state index contributed by atoms with van der Waals surface area (Å²) < 4.78 is 31.7. The van der Waals surface area contributed by atoms with E-state index < -0.39 is 14.9 Å². The summed E-state index contributed by atoms with van der Waals surface area (Å²) >= 11 is 6.05. The molecule has 0 amide bonds. The van der Waals surface area contributed by atoms with Crippen LogP contribution < -0.4 is 4.74 Å². The van der Waals surface area contributed by atoms with Gasteiger partial charge in [0.05, 0.1) is 12.0 Å². The second-order valence-corrected chi connectivity index (χ2v) is 7.37. The number of nitro benzene ring substituents is 1. The van der Waals surface area contributed by atoms with Crippen molar-refractivity contribution in [3.05, 3.63) is 63.2 Å². The summed E-state index contributed by atoms with van der Waals surface area (Å²) in [6, 6.07) is 10.3. The van der Waals surface area contributed by atoms with Crippen molar-refractivity contribution in [1.82, 2.24) is 4.31 Å². The number of nitro groups is 1. The number of non-ortho nitro benzene ring substituents is 1. The number of halogens is 1. The van der Waals surface area contributed by atoms with Gasteiger partial charge in [-0.25, -0.2) is 8.42 Å². The Bertz CT molecular complexity index is 870. The molecule has 2 aromatic carbocycles. The van der Waals surface area contributed by atoms with Crippen LogP contribution in [0.3, 0.4) is 0 Å². The van der Waals surface area contributed by atoms with Crippen molar-refractivity contribution in [2.24, 2.45) is 0 Å². The molecule has 0 N–H and O–H groups in total. The van der Waals surface area contributed by atoms with E-state index >= 15 is 0 Å². The first-order chi connectivity index (χ1) is 11.3. The molecular weight excluding hydrogens is 356 g/mol. The van der Waals surface area contributed by atoms with Gasteiger partial charge in [0, 0.05) is 30.7 Å². The van der Waals surface area contributed by atoms with Crippen LogP contribution in [0, 0.1) is 10.1 Å². The second kappa shape index (κ2) is 7.16. The fraction of sp³-hybridized carbons (Fsp3) is 0.200. The van der Waals surface area contributed by atoms with Crippen LogP contribution in [-0.2, 0) is 16.6 Å². The Balaban J connectivity index is 2.44. The Kier molecular flexibility index (Phi) is 5.43. The van der Waals surface area contributed by atoms with Crippen molar-refractivity contribution >= 4 is 27.3 Å². The summed E-state index contributed by atoms with van der Waals surface area (Å²) in [5, 5.41) is 11.4. The number of hydrogen-bond donors (Lipinski definition) is 0. The molecule has 2 rings (SSSR count). The fourth-order valence-electron chi connectivity index (χ4n) is 2.10. The monoisotopic (exact) mass is 370 g/mol. The van der Waals surface area contributed by atoms with Crippen LogP contribution in [0.15, 0.2) is 47.4 Å². The van der Waals surface area contributed by atoms with Crippen molar-refractivity contribution in [3.8, 4) is 5.75 Å². The molecule has 0 saturated carbocycles. The first-order valence-electron chi connectivity index (χ1n) is 6.79. The van der Waals surface area contributed by atoms with E-state index in [0.29, 0.717) is 10.6 Å². The van der Waals surface area contributed by atoms with E-state index in [-0.39, 0.29) is 22.9 Å². The zero-order chi connectivity index (χ0) is 17.9. The minimum atomic E-state index is -4.01. The van der Waals surface area contributed by atoms with Gasteiger partial charge in [-0.05, 0) is 17.7 Å². The summed E-state index contributed by atoms with van der Waals surface area (Å²) in [6.45, 7) is 0.0217. The SMILES string of the molecule is COc1ccc([N+](=O)[O-])cc1S(=O)(=O)N(C)Cc1ccccc1Cl. The number of sulfonamides is 1. The minimum Gasteiger partial charge on any atom is -0.495 e. The molecule has 2 aromatic rings. The molecule has 0 spiro atoms. The normalized spacial score (nSPS) is 11.5. The standard InChI is InChI=1S/C15H15ClN2O5S/c1-17(10-11-5-3-4-6-13(11)16)24(21,22)15-9-12(18(19)20)7-8-14(15)23-2/h3-9H,10H2,1-2H3. The van der Waals surface area contributed by atoms with Gasteiger partial charge in [0.1, 0.15) is 10.6 Å². The molecule has 0 radical (unpaired) electrons. The molecule has 9 heteroatoms. The van der Waals surface area contributed by atoms with Crippen LogP contribution in [-0.4, -0.2) is 31.8 Å². The van der Waals surface area contributed by atoms with Crippen LogP contribution in [0.2, 0.25) is 5.02 Å².